The fourth-order valence-corrected chi connectivity index (χ4v) is 2.52. The van der Waals surface area contributed by atoms with Crippen LogP contribution in [-0.4, -0.2) is 48.3 Å². The zero-order chi connectivity index (χ0) is 11.4. The van der Waals surface area contributed by atoms with Crippen LogP contribution in [0.1, 0.15) is 32.1 Å². The summed E-state index contributed by atoms with van der Waals surface area (Å²) in [7, 11) is 0. The summed E-state index contributed by atoms with van der Waals surface area (Å²) in [5.41, 5.74) is 0. The molecule has 2 unspecified atom stereocenters. The first kappa shape index (κ1) is 11.9. The van der Waals surface area contributed by atoms with Gasteiger partial charge in [0.15, 0.2) is 0 Å². The van der Waals surface area contributed by atoms with Crippen LogP contribution < -0.4 is 0 Å². The zero-order valence-corrected chi connectivity index (χ0v) is 9.73. The molecule has 0 aromatic carbocycles. The quantitative estimate of drug-likeness (QED) is 0.772. The van der Waals surface area contributed by atoms with Crippen LogP contribution in [0.15, 0.2) is 0 Å². The van der Waals surface area contributed by atoms with E-state index in [0.29, 0.717) is 18.4 Å². The topological polar surface area (TPSA) is 49.8 Å². The molecule has 0 aromatic heterocycles. The fraction of sp³-hybridized carbons (Fsp3) is 0.917. The minimum absolute atomic E-state index is 0.204. The van der Waals surface area contributed by atoms with Crippen LogP contribution in [-0.2, 0) is 9.53 Å². The van der Waals surface area contributed by atoms with Gasteiger partial charge in [0.25, 0.3) is 0 Å². The van der Waals surface area contributed by atoms with Crippen molar-refractivity contribution >= 4 is 5.91 Å². The molecule has 1 N–H and O–H groups in total. The standard InChI is InChI=1S/C12H21NO3/c14-9-10-5-6-13(8-10)12(15)4-3-11-2-1-7-16-11/h10-11,14H,1-9H2. The fourth-order valence-electron chi connectivity index (χ4n) is 2.52. The minimum Gasteiger partial charge on any atom is -0.396 e. The summed E-state index contributed by atoms with van der Waals surface area (Å²) in [6.07, 6.45) is 4.95. The molecule has 0 bridgehead atoms. The summed E-state index contributed by atoms with van der Waals surface area (Å²) >= 11 is 0. The first-order valence-electron chi connectivity index (χ1n) is 6.30. The molecule has 1 amide bonds. The van der Waals surface area contributed by atoms with E-state index in [1.165, 1.54) is 0 Å². The number of hydrogen-bond acceptors (Lipinski definition) is 3. The molecule has 0 aliphatic carbocycles. The largest absolute Gasteiger partial charge is 0.396 e. The predicted octanol–water partition coefficient (Wildman–Crippen LogP) is 0.786. The number of aliphatic hydroxyl groups excluding tert-OH is 1. The molecule has 2 atom stereocenters. The molecule has 0 spiro atoms. The summed E-state index contributed by atoms with van der Waals surface area (Å²) in [4.78, 5) is 13.7. The maximum absolute atomic E-state index is 11.9. The van der Waals surface area contributed by atoms with Crippen molar-refractivity contribution in [2.45, 2.75) is 38.2 Å². The van der Waals surface area contributed by atoms with E-state index in [1.807, 2.05) is 4.90 Å². The minimum atomic E-state index is 0.204. The van der Waals surface area contributed by atoms with E-state index in [4.69, 9.17) is 9.84 Å². The number of likely N-dealkylation sites (tertiary alicyclic amines) is 1. The third-order valence-electron chi connectivity index (χ3n) is 3.60. The molecule has 2 heterocycles. The van der Waals surface area contributed by atoms with E-state index < -0.39 is 0 Å². The Kier molecular flexibility index (Phi) is 4.18. The first-order chi connectivity index (χ1) is 7.79. The Labute approximate surface area is 96.6 Å². The van der Waals surface area contributed by atoms with Crippen LogP contribution in [0.4, 0.5) is 0 Å². The molecule has 0 radical (unpaired) electrons. The SMILES string of the molecule is O=C(CCC1CCCO1)N1CCC(CO)C1. The van der Waals surface area contributed by atoms with Crippen molar-refractivity contribution in [3.05, 3.63) is 0 Å². The Balaban J connectivity index is 1.67. The van der Waals surface area contributed by atoms with Crippen LogP contribution in [0.25, 0.3) is 0 Å². The van der Waals surface area contributed by atoms with Gasteiger partial charge in [-0.05, 0) is 25.7 Å². The number of nitrogens with zero attached hydrogens (tertiary/aromatic N) is 1. The number of amides is 1. The van der Waals surface area contributed by atoms with Crippen molar-refractivity contribution in [2.75, 3.05) is 26.3 Å². The zero-order valence-electron chi connectivity index (χ0n) is 9.73. The van der Waals surface area contributed by atoms with Crippen LogP contribution in [0.5, 0.6) is 0 Å². The van der Waals surface area contributed by atoms with Crippen LogP contribution in [0.3, 0.4) is 0 Å². The Morgan fingerprint density at radius 2 is 2.31 bits per heavy atom. The molecular formula is C12H21NO3. The molecule has 4 heteroatoms. The van der Waals surface area contributed by atoms with Crippen molar-refractivity contribution in [1.29, 1.82) is 0 Å². The normalized spacial score (nSPS) is 29.9. The van der Waals surface area contributed by atoms with Gasteiger partial charge in [-0.25, -0.2) is 0 Å². The molecule has 0 aromatic rings. The van der Waals surface area contributed by atoms with Gasteiger partial charge in [0.05, 0.1) is 6.10 Å². The number of aliphatic hydroxyl groups is 1. The second kappa shape index (κ2) is 5.64. The smallest absolute Gasteiger partial charge is 0.222 e. The Hall–Kier alpha value is -0.610. The van der Waals surface area contributed by atoms with Gasteiger partial charge in [0.1, 0.15) is 0 Å². The van der Waals surface area contributed by atoms with Crippen molar-refractivity contribution in [3.63, 3.8) is 0 Å². The van der Waals surface area contributed by atoms with E-state index in [9.17, 15) is 4.79 Å². The lowest BCUT2D eigenvalue weighted by molar-refractivity contribution is -0.130. The number of ether oxygens (including phenoxy) is 1. The van der Waals surface area contributed by atoms with E-state index >= 15 is 0 Å². The highest BCUT2D eigenvalue weighted by molar-refractivity contribution is 5.76. The first-order valence-corrected chi connectivity index (χ1v) is 6.30. The van der Waals surface area contributed by atoms with Gasteiger partial charge >= 0.3 is 0 Å². The molecule has 2 saturated heterocycles. The number of rotatable bonds is 4. The maximum Gasteiger partial charge on any atom is 0.222 e. The van der Waals surface area contributed by atoms with Gasteiger partial charge in [-0.2, -0.15) is 0 Å². The lowest BCUT2D eigenvalue weighted by Crippen LogP contribution is -2.29. The highest BCUT2D eigenvalue weighted by atomic mass is 16.5. The molecule has 2 aliphatic rings. The summed E-state index contributed by atoms with van der Waals surface area (Å²) in [5.74, 6) is 0.526. The lowest BCUT2D eigenvalue weighted by atomic mass is 10.1. The van der Waals surface area contributed by atoms with Crippen LogP contribution in [0.2, 0.25) is 0 Å². The van der Waals surface area contributed by atoms with Gasteiger partial charge in [0.2, 0.25) is 5.91 Å². The number of carbonyl (C=O) groups is 1. The van der Waals surface area contributed by atoms with E-state index in [-0.39, 0.29) is 12.5 Å². The Bertz CT molecular complexity index is 238. The molecule has 2 rings (SSSR count). The summed E-state index contributed by atoms with van der Waals surface area (Å²) in [6, 6.07) is 0. The average molecular weight is 227 g/mol. The second-order valence-corrected chi connectivity index (χ2v) is 4.85. The van der Waals surface area contributed by atoms with Crippen molar-refractivity contribution in [1.82, 2.24) is 4.90 Å². The molecule has 0 saturated carbocycles. The van der Waals surface area contributed by atoms with Crippen molar-refractivity contribution in [2.24, 2.45) is 5.92 Å². The monoisotopic (exact) mass is 227 g/mol. The molecule has 92 valence electrons. The third-order valence-corrected chi connectivity index (χ3v) is 3.60. The van der Waals surface area contributed by atoms with Gasteiger partial charge in [0, 0.05) is 38.6 Å². The highest BCUT2D eigenvalue weighted by Crippen LogP contribution is 2.20. The highest BCUT2D eigenvalue weighted by Gasteiger charge is 2.26. The second-order valence-electron chi connectivity index (χ2n) is 4.85. The molecular weight excluding hydrogens is 206 g/mol. The molecule has 2 aliphatic heterocycles. The Morgan fingerprint density at radius 3 is 2.94 bits per heavy atom. The summed E-state index contributed by atoms with van der Waals surface area (Å²) < 4.78 is 5.50. The Morgan fingerprint density at radius 1 is 1.44 bits per heavy atom. The van der Waals surface area contributed by atoms with Gasteiger partial charge in [-0.1, -0.05) is 0 Å². The van der Waals surface area contributed by atoms with E-state index in [0.717, 1.165) is 45.4 Å². The van der Waals surface area contributed by atoms with E-state index in [2.05, 4.69) is 0 Å². The number of carbonyl (C=O) groups excluding carboxylic acids is 1. The van der Waals surface area contributed by atoms with Crippen LogP contribution >= 0.6 is 0 Å². The van der Waals surface area contributed by atoms with Crippen molar-refractivity contribution < 1.29 is 14.6 Å². The number of hydrogen-bond donors (Lipinski definition) is 1. The van der Waals surface area contributed by atoms with E-state index in [1.54, 1.807) is 0 Å². The predicted molar refractivity (Wildman–Crippen MR) is 60.0 cm³/mol. The molecule has 16 heavy (non-hydrogen) atoms. The molecule has 2 fully saturated rings. The lowest BCUT2D eigenvalue weighted by Gasteiger charge is -2.17. The molecule has 4 nitrogen and oxygen atoms in total. The summed E-state index contributed by atoms with van der Waals surface area (Å²) in [6.45, 7) is 2.61. The van der Waals surface area contributed by atoms with Gasteiger partial charge < -0.3 is 14.7 Å². The third kappa shape index (κ3) is 2.95. The average Bonchev–Trinajstić information content (AvgIpc) is 2.96. The summed E-state index contributed by atoms with van der Waals surface area (Å²) in [5, 5.41) is 9.01. The van der Waals surface area contributed by atoms with Gasteiger partial charge in [-0.15, -0.1) is 0 Å². The van der Waals surface area contributed by atoms with Crippen molar-refractivity contribution in [3.8, 4) is 0 Å². The maximum atomic E-state index is 11.9. The van der Waals surface area contributed by atoms with Crippen LogP contribution in [0, 0.1) is 5.92 Å². The van der Waals surface area contributed by atoms with Gasteiger partial charge in [-0.3, -0.25) is 4.79 Å².